The number of hydrogen-bond donors (Lipinski definition) is 1. The third-order valence-corrected chi connectivity index (χ3v) is 4.06. The summed E-state index contributed by atoms with van der Waals surface area (Å²) in [6, 6.07) is 2.18. The van der Waals surface area contributed by atoms with Crippen molar-refractivity contribution in [3.8, 4) is 0 Å². The molecule has 2 nitrogen and oxygen atoms in total. The van der Waals surface area contributed by atoms with Gasteiger partial charge in [0.2, 0.25) is 0 Å². The summed E-state index contributed by atoms with van der Waals surface area (Å²) in [7, 11) is 0. The average Bonchev–Trinajstić information content (AvgIpc) is 2.65. The van der Waals surface area contributed by atoms with E-state index in [9.17, 15) is 4.79 Å². The van der Waals surface area contributed by atoms with E-state index in [2.05, 4.69) is 39.9 Å². The molecule has 1 unspecified atom stereocenters. The summed E-state index contributed by atoms with van der Waals surface area (Å²) >= 11 is 1.68. The first-order valence-corrected chi connectivity index (χ1v) is 7.10. The quantitative estimate of drug-likeness (QED) is 0.867. The van der Waals surface area contributed by atoms with Gasteiger partial charge in [0.25, 0.3) is 5.91 Å². The molecule has 0 aliphatic carbocycles. The number of carbonyl (C=O) groups is 1. The summed E-state index contributed by atoms with van der Waals surface area (Å²) in [6.07, 6.45) is 2.19. The maximum Gasteiger partial charge on any atom is 0.252 e. The predicted octanol–water partition coefficient (Wildman–Crippen LogP) is 3.87. The topological polar surface area (TPSA) is 29.1 Å². The van der Waals surface area contributed by atoms with Crippen LogP contribution in [0, 0.1) is 5.41 Å². The molecule has 1 N–H and O–H groups in total. The molecule has 0 fully saturated rings. The third-order valence-electron chi connectivity index (χ3n) is 3.06. The summed E-state index contributed by atoms with van der Waals surface area (Å²) in [5, 5.41) is 5.01. The van der Waals surface area contributed by atoms with Crippen LogP contribution in [-0.4, -0.2) is 11.9 Å². The van der Waals surface area contributed by atoms with Crippen LogP contribution < -0.4 is 5.32 Å². The van der Waals surface area contributed by atoms with Gasteiger partial charge in [-0.1, -0.05) is 34.1 Å². The van der Waals surface area contributed by atoms with E-state index in [0.717, 1.165) is 18.4 Å². The largest absolute Gasteiger partial charge is 0.349 e. The van der Waals surface area contributed by atoms with Gasteiger partial charge in [-0.25, -0.2) is 0 Å². The molecule has 0 radical (unpaired) electrons. The van der Waals surface area contributed by atoms with E-state index in [1.54, 1.807) is 11.3 Å². The van der Waals surface area contributed by atoms with Gasteiger partial charge >= 0.3 is 0 Å². The third kappa shape index (κ3) is 4.15. The Hall–Kier alpha value is -0.830. The number of hydrogen-bond acceptors (Lipinski definition) is 2. The zero-order valence-corrected chi connectivity index (χ0v) is 12.3. The lowest BCUT2D eigenvalue weighted by Crippen LogP contribution is -2.41. The molecular formula is C14H23NOS. The molecule has 3 heteroatoms. The van der Waals surface area contributed by atoms with Crippen molar-refractivity contribution < 1.29 is 4.79 Å². The lowest BCUT2D eigenvalue weighted by Gasteiger charge is -2.27. The van der Waals surface area contributed by atoms with Crippen LogP contribution in [0.4, 0.5) is 0 Å². The van der Waals surface area contributed by atoms with Gasteiger partial charge in [-0.15, -0.1) is 11.3 Å². The molecule has 0 aliphatic rings. The Kier molecular flexibility index (Phi) is 4.75. The Balaban J connectivity index is 2.63. The lowest BCUT2D eigenvalue weighted by molar-refractivity contribution is 0.0910. The first-order valence-electron chi connectivity index (χ1n) is 6.23. The summed E-state index contributed by atoms with van der Waals surface area (Å²) < 4.78 is 0. The summed E-state index contributed by atoms with van der Waals surface area (Å²) in [5.41, 5.74) is 0.896. The summed E-state index contributed by atoms with van der Waals surface area (Å²) in [5.74, 6) is 0.0472. The fourth-order valence-corrected chi connectivity index (χ4v) is 2.34. The maximum absolute atomic E-state index is 12.0. The molecule has 17 heavy (non-hydrogen) atoms. The lowest BCUT2D eigenvalue weighted by atomic mass is 9.88. The fraction of sp³-hybridized carbons (Fsp3) is 0.643. The second-order valence-corrected chi connectivity index (χ2v) is 6.61. The van der Waals surface area contributed by atoms with Crippen LogP contribution >= 0.6 is 11.3 Å². The highest BCUT2D eigenvalue weighted by Crippen LogP contribution is 2.20. The van der Waals surface area contributed by atoms with Gasteiger partial charge in [0, 0.05) is 16.3 Å². The van der Waals surface area contributed by atoms with Crippen molar-refractivity contribution in [1.29, 1.82) is 0 Å². The first-order chi connectivity index (χ1) is 7.84. The summed E-state index contributed by atoms with van der Waals surface area (Å²) in [6.45, 7) is 10.6. The molecule has 1 rings (SSSR count). The zero-order valence-electron chi connectivity index (χ0n) is 11.5. The van der Waals surface area contributed by atoms with E-state index in [4.69, 9.17) is 0 Å². The molecule has 0 spiro atoms. The van der Waals surface area contributed by atoms with Crippen LogP contribution in [0.25, 0.3) is 0 Å². The molecule has 0 aliphatic heterocycles. The van der Waals surface area contributed by atoms with E-state index in [0.29, 0.717) is 0 Å². The Morgan fingerprint density at radius 1 is 1.47 bits per heavy atom. The molecule has 1 heterocycles. The van der Waals surface area contributed by atoms with Gasteiger partial charge < -0.3 is 5.32 Å². The van der Waals surface area contributed by atoms with Crippen LogP contribution in [0.15, 0.2) is 11.4 Å². The minimum absolute atomic E-state index is 0.0472. The fourth-order valence-electron chi connectivity index (χ4n) is 1.37. The smallest absolute Gasteiger partial charge is 0.252 e. The standard InChI is InChI=1S/C14H23NOS/c1-6-7-12-8-11(9-17-12)13(16)15-10(2)14(3,4)5/h8-10H,6-7H2,1-5H3,(H,15,16). The second kappa shape index (κ2) is 5.67. The van der Waals surface area contributed by atoms with Crippen LogP contribution in [0.2, 0.25) is 0 Å². The number of rotatable bonds is 4. The Morgan fingerprint density at radius 3 is 2.65 bits per heavy atom. The number of aryl methyl sites for hydroxylation is 1. The Bertz CT molecular complexity index is 376. The van der Waals surface area contributed by atoms with E-state index in [1.807, 2.05) is 11.4 Å². The minimum atomic E-state index is 0.0472. The van der Waals surface area contributed by atoms with Crippen molar-refractivity contribution in [2.24, 2.45) is 5.41 Å². The molecule has 1 amide bonds. The van der Waals surface area contributed by atoms with Crippen molar-refractivity contribution in [3.05, 3.63) is 21.9 Å². The number of carbonyl (C=O) groups excluding carboxylic acids is 1. The van der Waals surface area contributed by atoms with E-state index >= 15 is 0 Å². The minimum Gasteiger partial charge on any atom is -0.349 e. The van der Waals surface area contributed by atoms with Crippen molar-refractivity contribution >= 4 is 17.2 Å². The molecule has 0 saturated heterocycles. The predicted molar refractivity (Wildman–Crippen MR) is 74.7 cm³/mol. The zero-order chi connectivity index (χ0) is 13.1. The molecule has 96 valence electrons. The number of nitrogens with one attached hydrogen (secondary N) is 1. The molecule has 1 aromatic heterocycles. The van der Waals surface area contributed by atoms with Gasteiger partial charge in [-0.05, 0) is 24.8 Å². The van der Waals surface area contributed by atoms with Crippen molar-refractivity contribution in [2.45, 2.75) is 53.5 Å². The van der Waals surface area contributed by atoms with E-state index in [-0.39, 0.29) is 17.4 Å². The maximum atomic E-state index is 12.0. The number of thiophene rings is 1. The molecule has 0 bridgehead atoms. The molecule has 0 aromatic carbocycles. The van der Waals surface area contributed by atoms with Crippen LogP contribution in [0.5, 0.6) is 0 Å². The highest BCUT2D eigenvalue weighted by atomic mass is 32.1. The first kappa shape index (κ1) is 14.2. The SMILES string of the molecule is CCCc1cc(C(=O)NC(C)C(C)(C)C)cs1. The van der Waals surface area contributed by atoms with Gasteiger partial charge in [0.15, 0.2) is 0 Å². The van der Waals surface area contributed by atoms with Crippen LogP contribution in [0.3, 0.4) is 0 Å². The molecular weight excluding hydrogens is 230 g/mol. The van der Waals surface area contributed by atoms with Crippen molar-refractivity contribution in [2.75, 3.05) is 0 Å². The van der Waals surface area contributed by atoms with Crippen molar-refractivity contribution in [1.82, 2.24) is 5.32 Å². The van der Waals surface area contributed by atoms with Crippen molar-refractivity contribution in [3.63, 3.8) is 0 Å². The monoisotopic (exact) mass is 253 g/mol. The van der Waals surface area contributed by atoms with Gasteiger partial charge in [0.05, 0.1) is 5.56 Å². The Morgan fingerprint density at radius 2 is 2.12 bits per heavy atom. The molecule has 1 aromatic rings. The second-order valence-electron chi connectivity index (χ2n) is 5.61. The van der Waals surface area contributed by atoms with Gasteiger partial charge in [-0.2, -0.15) is 0 Å². The van der Waals surface area contributed by atoms with Crippen LogP contribution in [0.1, 0.15) is 56.3 Å². The highest BCUT2D eigenvalue weighted by Gasteiger charge is 2.22. The normalized spacial score (nSPS) is 13.5. The average molecular weight is 253 g/mol. The summed E-state index contributed by atoms with van der Waals surface area (Å²) in [4.78, 5) is 13.3. The molecule has 0 saturated carbocycles. The van der Waals surface area contributed by atoms with Gasteiger partial charge in [-0.3, -0.25) is 4.79 Å². The van der Waals surface area contributed by atoms with E-state index in [1.165, 1.54) is 4.88 Å². The molecule has 1 atom stereocenters. The van der Waals surface area contributed by atoms with Crippen LogP contribution in [-0.2, 0) is 6.42 Å². The highest BCUT2D eigenvalue weighted by molar-refractivity contribution is 7.10. The number of amides is 1. The van der Waals surface area contributed by atoms with Gasteiger partial charge in [0.1, 0.15) is 0 Å². The van der Waals surface area contributed by atoms with E-state index < -0.39 is 0 Å². The Labute approximate surface area is 108 Å².